The second-order valence-corrected chi connectivity index (χ2v) is 5.77. The Hall–Kier alpha value is -0.610. The van der Waals surface area contributed by atoms with Crippen LogP contribution in [0.3, 0.4) is 0 Å². The first-order chi connectivity index (χ1) is 9.15. The summed E-state index contributed by atoms with van der Waals surface area (Å²) in [6.45, 7) is 3.64. The zero-order chi connectivity index (χ0) is 13.7. The number of hydrogen-bond donors (Lipinski definition) is 2. The van der Waals surface area contributed by atoms with Crippen molar-refractivity contribution in [3.8, 4) is 0 Å². The summed E-state index contributed by atoms with van der Waals surface area (Å²) in [6.07, 6.45) is 2.18. The van der Waals surface area contributed by atoms with Crippen LogP contribution in [-0.4, -0.2) is 30.4 Å². The minimum Gasteiger partial charge on any atom is -0.389 e. The largest absolute Gasteiger partial charge is 0.389 e. The Morgan fingerprint density at radius 3 is 2.68 bits per heavy atom. The maximum absolute atomic E-state index is 9.81. The van der Waals surface area contributed by atoms with Crippen molar-refractivity contribution in [2.75, 3.05) is 13.2 Å². The molecule has 2 unspecified atom stereocenters. The van der Waals surface area contributed by atoms with E-state index in [1.807, 2.05) is 24.3 Å². The maximum Gasteiger partial charge on any atom is 0.0897 e. The molecule has 0 spiro atoms. The normalized spacial score (nSPS) is 18.3. The predicted molar refractivity (Wildman–Crippen MR) is 77.3 cm³/mol. The molecule has 1 aliphatic rings. The van der Waals surface area contributed by atoms with Gasteiger partial charge >= 0.3 is 0 Å². The molecule has 2 rings (SSSR count). The van der Waals surface area contributed by atoms with Gasteiger partial charge in [-0.3, -0.25) is 0 Å². The molecule has 2 atom stereocenters. The third-order valence-electron chi connectivity index (χ3n) is 3.50. The third kappa shape index (κ3) is 5.49. The molecule has 19 heavy (non-hydrogen) atoms. The summed E-state index contributed by atoms with van der Waals surface area (Å²) in [5.41, 5.74) is 1.07. The van der Waals surface area contributed by atoms with Crippen LogP contribution in [0, 0.1) is 5.92 Å². The monoisotopic (exact) mass is 283 g/mol. The van der Waals surface area contributed by atoms with Gasteiger partial charge in [0.05, 0.1) is 19.3 Å². The van der Waals surface area contributed by atoms with Crippen LogP contribution in [0.5, 0.6) is 0 Å². The highest BCUT2D eigenvalue weighted by Gasteiger charge is 2.27. The van der Waals surface area contributed by atoms with E-state index < -0.39 is 6.10 Å². The Kier molecular flexibility index (Phi) is 5.64. The second kappa shape index (κ2) is 7.25. The van der Waals surface area contributed by atoms with E-state index in [0.717, 1.165) is 16.5 Å². The van der Waals surface area contributed by atoms with Gasteiger partial charge in [0, 0.05) is 17.6 Å². The van der Waals surface area contributed by atoms with E-state index in [2.05, 4.69) is 12.2 Å². The average molecular weight is 284 g/mol. The van der Waals surface area contributed by atoms with Crippen LogP contribution in [0.15, 0.2) is 24.3 Å². The van der Waals surface area contributed by atoms with E-state index in [0.29, 0.717) is 25.8 Å². The van der Waals surface area contributed by atoms with Gasteiger partial charge in [-0.05, 0) is 43.4 Å². The van der Waals surface area contributed by atoms with Crippen molar-refractivity contribution < 1.29 is 9.84 Å². The lowest BCUT2D eigenvalue weighted by Crippen LogP contribution is -2.36. The molecule has 0 amide bonds. The summed E-state index contributed by atoms with van der Waals surface area (Å²) in [5.74, 6) is 0.808. The van der Waals surface area contributed by atoms with Crippen LogP contribution < -0.4 is 5.32 Å². The lowest BCUT2D eigenvalue weighted by atomic mass is 10.2. The summed E-state index contributed by atoms with van der Waals surface area (Å²) < 4.78 is 5.50. The summed E-state index contributed by atoms with van der Waals surface area (Å²) in [4.78, 5) is 0. The summed E-state index contributed by atoms with van der Waals surface area (Å²) >= 11 is 5.81. The van der Waals surface area contributed by atoms with Gasteiger partial charge in [0.1, 0.15) is 0 Å². The molecule has 0 radical (unpaired) electrons. The molecule has 106 valence electrons. The van der Waals surface area contributed by atoms with Crippen molar-refractivity contribution in [2.24, 2.45) is 5.92 Å². The summed E-state index contributed by atoms with van der Waals surface area (Å²) in [6, 6.07) is 8.06. The Morgan fingerprint density at radius 1 is 1.37 bits per heavy atom. The van der Waals surface area contributed by atoms with Crippen LogP contribution in [-0.2, 0) is 11.3 Å². The number of halogens is 1. The molecule has 2 N–H and O–H groups in total. The molecule has 1 saturated carbocycles. The number of nitrogens with one attached hydrogen (secondary N) is 1. The van der Waals surface area contributed by atoms with Crippen molar-refractivity contribution >= 4 is 11.6 Å². The first-order valence-electron chi connectivity index (χ1n) is 6.89. The number of hydrogen-bond acceptors (Lipinski definition) is 3. The molecule has 4 heteroatoms. The molecular weight excluding hydrogens is 262 g/mol. The molecular formula is C15H22ClNO2. The van der Waals surface area contributed by atoms with Gasteiger partial charge in [0.15, 0.2) is 0 Å². The maximum atomic E-state index is 9.81. The van der Waals surface area contributed by atoms with E-state index in [-0.39, 0.29) is 0 Å². The minimum absolute atomic E-state index is 0.354. The molecule has 0 heterocycles. The molecule has 1 aromatic rings. The Bertz CT molecular complexity index is 378. The smallest absolute Gasteiger partial charge is 0.0897 e. The standard InChI is InChI=1S/C15H22ClNO2/c1-11(13-4-5-13)17-8-15(18)10-19-9-12-2-6-14(16)7-3-12/h2-3,6-7,11,13,15,17-18H,4-5,8-10H2,1H3. The summed E-state index contributed by atoms with van der Waals surface area (Å²) in [7, 11) is 0. The highest BCUT2D eigenvalue weighted by Crippen LogP contribution is 2.32. The lowest BCUT2D eigenvalue weighted by Gasteiger charge is -2.16. The number of rotatable bonds is 8. The van der Waals surface area contributed by atoms with Crippen molar-refractivity contribution in [1.29, 1.82) is 0 Å². The zero-order valence-corrected chi connectivity index (χ0v) is 12.1. The van der Waals surface area contributed by atoms with Crippen LogP contribution in [0.4, 0.5) is 0 Å². The van der Waals surface area contributed by atoms with Gasteiger partial charge in [0.25, 0.3) is 0 Å². The van der Waals surface area contributed by atoms with Gasteiger partial charge in [-0.1, -0.05) is 23.7 Å². The number of aliphatic hydroxyl groups is 1. The van der Waals surface area contributed by atoms with Crippen LogP contribution in [0.2, 0.25) is 5.02 Å². The van der Waals surface area contributed by atoms with Crippen LogP contribution >= 0.6 is 11.6 Å². The van der Waals surface area contributed by atoms with Gasteiger partial charge < -0.3 is 15.2 Å². The van der Waals surface area contributed by atoms with E-state index in [1.54, 1.807) is 0 Å². The van der Waals surface area contributed by atoms with Crippen LogP contribution in [0.1, 0.15) is 25.3 Å². The minimum atomic E-state index is -0.450. The van der Waals surface area contributed by atoms with E-state index in [1.165, 1.54) is 12.8 Å². The molecule has 1 fully saturated rings. The molecule has 1 aliphatic carbocycles. The van der Waals surface area contributed by atoms with Gasteiger partial charge in [-0.15, -0.1) is 0 Å². The first kappa shape index (κ1) is 14.8. The molecule has 0 bridgehead atoms. The topological polar surface area (TPSA) is 41.5 Å². The third-order valence-corrected chi connectivity index (χ3v) is 3.75. The molecule has 0 aliphatic heterocycles. The van der Waals surface area contributed by atoms with Crippen molar-refractivity contribution in [1.82, 2.24) is 5.32 Å². The summed E-state index contributed by atoms with van der Waals surface area (Å²) in [5, 5.41) is 13.9. The van der Waals surface area contributed by atoms with E-state index in [4.69, 9.17) is 16.3 Å². The quantitative estimate of drug-likeness (QED) is 0.771. The Morgan fingerprint density at radius 2 is 2.05 bits per heavy atom. The fourth-order valence-electron chi connectivity index (χ4n) is 2.04. The highest BCUT2D eigenvalue weighted by atomic mass is 35.5. The fourth-order valence-corrected chi connectivity index (χ4v) is 2.16. The second-order valence-electron chi connectivity index (χ2n) is 5.33. The SMILES string of the molecule is CC(NCC(O)COCc1ccc(Cl)cc1)C1CC1. The zero-order valence-electron chi connectivity index (χ0n) is 11.3. The highest BCUT2D eigenvalue weighted by molar-refractivity contribution is 6.30. The molecule has 0 saturated heterocycles. The van der Waals surface area contributed by atoms with Gasteiger partial charge in [0.2, 0.25) is 0 Å². The van der Waals surface area contributed by atoms with Gasteiger partial charge in [-0.2, -0.15) is 0 Å². The van der Waals surface area contributed by atoms with E-state index in [9.17, 15) is 5.11 Å². The number of ether oxygens (including phenoxy) is 1. The number of benzene rings is 1. The predicted octanol–water partition coefficient (Wildman–Crippen LogP) is 2.61. The van der Waals surface area contributed by atoms with Crippen molar-refractivity contribution in [3.05, 3.63) is 34.9 Å². The van der Waals surface area contributed by atoms with Crippen molar-refractivity contribution in [2.45, 2.75) is 38.5 Å². The van der Waals surface area contributed by atoms with E-state index >= 15 is 0 Å². The number of aliphatic hydroxyl groups excluding tert-OH is 1. The van der Waals surface area contributed by atoms with Crippen LogP contribution in [0.25, 0.3) is 0 Å². The Labute approximate surface area is 119 Å². The molecule has 3 nitrogen and oxygen atoms in total. The Balaban J connectivity index is 1.57. The average Bonchev–Trinajstić information content (AvgIpc) is 3.23. The lowest BCUT2D eigenvalue weighted by molar-refractivity contribution is 0.0275. The van der Waals surface area contributed by atoms with Crippen molar-refractivity contribution in [3.63, 3.8) is 0 Å². The first-order valence-corrected chi connectivity index (χ1v) is 7.26. The fraction of sp³-hybridized carbons (Fsp3) is 0.600. The molecule has 0 aromatic heterocycles. The van der Waals surface area contributed by atoms with Gasteiger partial charge in [-0.25, -0.2) is 0 Å². The molecule has 1 aromatic carbocycles.